The maximum atomic E-state index is 12.4. The minimum Gasteiger partial charge on any atom is -0.398 e. The first-order chi connectivity index (χ1) is 10.2. The van der Waals surface area contributed by atoms with E-state index in [0.717, 1.165) is 16.3 Å². The highest BCUT2D eigenvalue weighted by Crippen LogP contribution is 2.26. The number of aryl methyl sites for hydroxylation is 1. The molecule has 5 heteroatoms. The van der Waals surface area contributed by atoms with E-state index in [4.69, 9.17) is 5.73 Å². The SMILES string of the molecule is Cc1ccc2c(C(=O)Nc3ccncc3)nccc2c1N. The van der Waals surface area contributed by atoms with E-state index in [0.29, 0.717) is 17.1 Å². The lowest BCUT2D eigenvalue weighted by Crippen LogP contribution is -2.14. The number of carbonyl (C=O) groups excluding carboxylic acids is 1. The first-order valence-electron chi connectivity index (χ1n) is 6.52. The highest BCUT2D eigenvalue weighted by Gasteiger charge is 2.13. The van der Waals surface area contributed by atoms with Crippen LogP contribution in [-0.2, 0) is 0 Å². The van der Waals surface area contributed by atoms with Gasteiger partial charge in [-0.25, -0.2) is 0 Å². The number of carbonyl (C=O) groups is 1. The van der Waals surface area contributed by atoms with Gasteiger partial charge in [0.25, 0.3) is 5.91 Å². The molecule has 0 saturated carbocycles. The van der Waals surface area contributed by atoms with E-state index in [2.05, 4.69) is 15.3 Å². The molecule has 0 aliphatic carbocycles. The number of hydrogen-bond donors (Lipinski definition) is 2. The van der Waals surface area contributed by atoms with Gasteiger partial charge in [0.05, 0.1) is 0 Å². The monoisotopic (exact) mass is 278 g/mol. The van der Waals surface area contributed by atoms with Crippen LogP contribution >= 0.6 is 0 Å². The fraction of sp³-hybridized carbons (Fsp3) is 0.0625. The fourth-order valence-electron chi connectivity index (χ4n) is 2.19. The van der Waals surface area contributed by atoms with Gasteiger partial charge < -0.3 is 11.1 Å². The van der Waals surface area contributed by atoms with Gasteiger partial charge in [0.15, 0.2) is 0 Å². The first-order valence-corrected chi connectivity index (χ1v) is 6.52. The number of nitrogen functional groups attached to an aromatic ring is 1. The number of rotatable bonds is 2. The molecule has 0 saturated heterocycles. The second kappa shape index (κ2) is 5.20. The number of anilines is 2. The summed E-state index contributed by atoms with van der Waals surface area (Å²) in [5.74, 6) is -0.268. The second-order valence-corrected chi connectivity index (χ2v) is 4.74. The normalized spacial score (nSPS) is 10.5. The summed E-state index contributed by atoms with van der Waals surface area (Å²) in [6.45, 7) is 1.94. The highest BCUT2D eigenvalue weighted by molar-refractivity contribution is 6.13. The molecule has 0 spiro atoms. The van der Waals surface area contributed by atoms with Crippen molar-refractivity contribution in [2.24, 2.45) is 0 Å². The van der Waals surface area contributed by atoms with E-state index in [1.807, 2.05) is 25.1 Å². The fourth-order valence-corrected chi connectivity index (χ4v) is 2.19. The van der Waals surface area contributed by atoms with E-state index in [1.165, 1.54) is 0 Å². The van der Waals surface area contributed by atoms with Crippen molar-refractivity contribution in [3.63, 3.8) is 0 Å². The molecule has 3 rings (SSSR count). The smallest absolute Gasteiger partial charge is 0.274 e. The van der Waals surface area contributed by atoms with E-state index < -0.39 is 0 Å². The Kier molecular flexibility index (Phi) is 3.23. The van der Waals surface area contributed by atoms with Gasteiger partial charge in [-0.2, -0.15) is 0 Å². The number of pyridine rings is 2. The molecule has 0 bridgehead atoms. The molecule has 0 atom stereocenters. The Bertz CT molecular complexity index is 815. The molecule has 2 aromatic heterocycles. The maximum Gasteiger partial charge on any atom is 0.274 e. The molecule has 1 aromatic carbocycles. The van der Waals surface area contributed by atoms with Gasteiger partial charge in [-0.05, 0) is 30.7 Å². The van der Waals surface area contributed by atoms with Gasteiger partial charge in [0, 0.05) is 40.7 Å². The minimum absolute atomic E-state index is 0.268. The number of amides is 1. The van der Waals surface area contributed by atoms with Crippen LogP contribution in [0.3, 0.4) is 0 Å². The zero-order chi connectivity index (χ0) is 14.8. The largest absolute Gasteiger partial charge is 0.398 e. The first kappa shape index (κ1) is 13.1. The minimum atomic E-state index is -0.268. The van der Waals surface area contributed by atoms with Crippen molar-refractivity contribution in [2.75, 3.05) is 11.1 Å². The predicted octanol–water partition coefficient (Wildman–Crippen LogP) is 2.77. The average molecular weight is 278 g/mol. The van der Waals surface area contributed by atoms with Crippen molar-refractivity contribution < 1.29 is 4.79 Å². The number of aromatic nitrogens is 2. The quantitative estimate of drug-likeness (QED) is 0.706. The number of hydrogen-bond acceptors (Lipinski definition) is 4. The Morgan fingerprint density at radius 3 is 2.57 bits per heavy atom. The summed E-state index contributed by atoms with van der Waals surface area (Å²) in [6.07, 6.45) is 4.83. The van der Waals surface area contributed by atoms with Crippen molar-refractivity contribution in [1.82, 2.24) is 9.97 Å². The number of benzene rings is 1. The average Bonchev–Trinajstić information content (AvgIpc) is 2.51. The van der Waals surface area contributed by atoms with Crippen molar-refractivity contribution in [1.29, 1.82) is 0 Å². The predicted molar refractivity (Wildman–Crippen MR) is 83.1 cm³/mol. The standard InChI is InChI=1S/C16H14N4O/c1-10-2-3-13-12(14(10)17)6-9-19-15(13)16(21)20-11-4-7-18-8-5-11/h2-9H,17H2,1H3,(H,18,20,21). The van der Waals surface area contributed by atoms with Gasteiger partial charge in [-0.3, -0.25) is 14.8 Å². The Labute approximate surface area is 121 Å². The van der Waals surface area contributed by atoms with Crippen LogP contribution in [-0.4, -0.2) is 15.9 Å². The second-order valence-electron chi connectivity index (χ2n) is 4.74. The van der Waals surface area contributed by atoms with Crippen molar-refractivity contribution in [3.05, 3.63) is 60.2 Å². The Hall–Kier alpha value is -2.95. The molecule has 3 aromatic rings. The molecule has 1 amide bonds. The van der Waals surface area contributed by atoms with Gasteiger partial charge in [0.2, 0.25) is 0 Å². The molecular formula is C16H14N4O. The molecule has 0 unspecified atom stereocenters. The molecule has 5 nitrogen and oxygen atoms in total. The molecule has 0 radical (unpaired) electrons. The Morgan fingerprint density at radius 2 is 1.81 bits per heavy atom. The zero-order valence-electron chi connectivity index (χ0n) is 11.5. The summed E-state index contributed by atoms with van der Waals surface area (Å²) in [5, 5.41) is 4.38. The lowest BCUT2D eigenvalue weighted by molar-refractivity contribution is 0.102. The third-order valence-electron chi connectivity index (χ3n) is 3.36. The summed E-state index contributed by atoms with van der Waals surface area (Å²) in [5.41, 5.74) is 8.76. The number of nitrogens with one attached hydrogen (secondary N) is 1. The van der Waals surface area contributed by atoms with E-state index in [9.17, 15) is 4.79 Å². The molecule has 3 N–H and O–H groups in total. The van der Waals surface area contributed by atoms with E-state index in [1.54, 1.807) is 30.7 Å². The lowest BCUT2D eigenvalue weighted by atomic mass is 10.0. The van der Waals surface area contributed by atoms with Crippen LogP contribution in [0.5, 0.6) is 0 Å². The molecular weight excluding hydrogens is 264 g/mol. The van der Waals surface area contributed by atoms with Crippen LogP contribution < -0.4 is 11.1 Å². The van der Waals surface area contributed by atoms with Crippen LogP contribution in [0.25, 0.3) is 10.8 Å². The summed E-state index contributed by atoms with van der Waals surface area (Å²) in [7, 11) is 0. The van der Waals surface area contributed by atoms with E-state index in [-0.39, 0.29) is 5.91 Å². The zero-order valence-corrected chi connectivity index (χ0v) is 11.5. The van der Waals surface area contributed by atoms with Crippen molar-refractivity contribution in [2.45, 2.75) is 6.92 Å². The van der Waals surface area contributed by atoms with Crippen LogP contribution in [0.2, 0.25) is 0 Å². The number of fused-ring (bicyclic) bond motifs is 1. The summed E-state index contributed by atoms with van der Waals surface area (Å²) in [6, 6.07) is 9.03. The maximum absolute atomic E-state index is 12.4. The molecule has 0 aliphatic rings. The summed E-state index contributed by atoms with van der Waals surface area (Å²) >= 11 is 0. The summed E-state index contributed by atoms with van der Waals surface area (Å²) in [4.78, 5) is 20.5. The number of nitrogens with two attached hydrogens (primary N) is 1. The molecule has 0 fully saturated rings. The Morgan fingerprint density at radius 1 is 1.05 bits per heavy atom. The van der Waals surface area contributed by atoms with Crippen LogP contribution in [0.4, 0.5) is 11.4 Å². The van der Waals surface area contributed by atoms with Gasteiger partial charge in [-0.15, -0.1) is 0 Å². The van der Waals surface area contributed by atoms with Gasteiger partial charge in [-0.1, -0.05) is 12.1 Å². The topological polar surface area (TPSA) is 80.9 Å². The van der Waals surface area contributed by atoms with Crippen molar-refractivity contribution >= 4 is 28.1 Å². The number of nitrogens with zero attached hydrogens (tertiary/aromatic N) is 2. The molecule has 0 aliphatic heterocycles. The highest BCUT2D eigenvalue weighted by atomic mass is 16.1. The third kappa shape index (κ3) is 2.41. The molecule has 21 heavy (non-hydrogen) atoms. The Balaban J connectivity index is 2.05. The van der Waals surface area contributed by atoms with Crippen LogP contribution in [0.1, 0.15) is 16.1 Å². The van der Waals surface area contributed by atoms with Crippen LogP contribution in [0, 0.1) is 6.92 Å². The van der Waals surface area contributed by atoms with Crippen LogP contribution in [0.15, 0.2) is 48.9 Å². The van der Waals surface area contributed by atoms with Gasteiger partial charge in [0.1, 0.15) is 5.69 Å². The molecule has 104 valence electrons. The van der Waals surface area contributed by atoms with Crippen molar-refractivity contribution in [3.8, 4) is 0 Å². The van der Waals surface area contributed by atoms with Gasteiger partial charge >= 0.3 is 0 Å². The molecule has 2 heterocycles. The third-order valence-corrected chi connectivity index (χ3v) is 3.36. The van der Waals surface area contributed by atoms with E-state index >= 15 is 0 Å². The lowest BCUT2D eigenvalue weighted by Gasteiger charge is -2.09. The summed E-state index contributed by atoms with van der Waals surface area (Å²) < 4.78 is 0.